The summed E-state index contributed by atoms with van der Waals surface area (Å²) in [5, 5.41) is 10.9. The SMILES string of the molecule is CCCn1cc(CN=C(NC(=O)c2ccc(C(C)(C)C)cc2)Nc2ccc(C)cc2C)c(C)n1. The number of hydrogen-bond donors (Lipinski definition) is 2. The maximum atomic E-state index is 13.1. The molecule has 0 bridgehead atoms. The first-order valence-corrected chi connectivity index (χ1v) is 11.9. The monoisotopic (exact) mass is 459 g/mol. The zero-order valence-electron chi connectivity index (χ0n) is 21.5. The van der Waals surface area contributed by atoms with Gasteiger partial charge in [-0.15, -0.1) is 0 Å². The summed E-state index contributed by atoms with van der Waals surface area (Å²) in [6.07, 6.45) is 3.05. The molecule has 0 unspecified atom stereocenters. The van der Waals surface area contributed by atoms with Crippen LogP contribution < -0.4 is 10.6 Å². The summed E-state index contributed by atoms with van der Waals surface area (Å²) in [5.41, 5.74) is 6.98. The summed E-state index contributed by atoms with van der Waals surface area (Å²) in [5.74, 6) is 0.217. The third-order valence-corrected chi connectivity index (χ3v) is 5.79. The lowest BCUT2D eigenvalue weighted by Gasteiger charge is -2.19. The first kappa shape index (κ1) is 25.2. The molecule has 3 aromatic rings. The number of amides is 1. The molecule has 0 fully saturated rings. The van der Waals surface area contributed by atoms with Crippen LogP contribution >= 0.6 is 0 Å². The van der Waals surface area contributed by atoms with Crippen LogP contribution in [0.2, 0.25) is 0 Å². The molecule has 2 aromatic carbocycles. The molecule has 180 valence electrons. The molecule has 6 nitrogen and oxygen atoms in total. The van der Waals surface area contributed by atoms with E-state index in [0.29, 0.717) is 18.1 Å². The minimum atomic E-state index is -0.199. The van der Waals surface area contributed by atoms with E-state index < -0.39 is 0 Å². The Bertz CT molecular complexity index is 1170. The largest absolute Gasteiger partial charge is 0.326 e. The Balaban J connectivity index is 1.84. The summed E-state index contributed by atoms with van der Waals surface area (Å²) in [6.45, 7) is 16.0. The highest BCUT2D eigenvalue weighted by Crippen LogP contribution is 2.22. The van der Waals surface area contributed by atoms with E-state index in [1.165, 1.54) is 11.1 Å². The van der Waals surface area contributed by atoms with Gasteiger partial charge in [0, 0.05) is 29.6 Å². The highest BCUT2D eigenvalue weighted by atomic mass is 16.1. The molecule has 0 spiro atoms. The maximum Gasteiger partial charge on any atom is 0.257 e. The van der Waals surface area contributed by atoms with Crippen LogP contribution in [-0.4, -0.2) is 21.6 Å². The van der Waals surface area contributed by atoms with Crippen LogP contribution in [0.5, 0.6) is 0 Å². The summed E-state index contributed by atoms with van der Waals surface area (Å²) in [4.78, 5) is 17.8. The van der Waals surface area contributed by atoms with E-state index in [1.807, 2.05) is 61.1 Å². The minimum absolute atomic E-state index is 0.0340. The second kappa shape index (κ2) is 10.7. The Morgan fingerprint density at radius 3 is 2.38 bits per heavy atom. The van der Waals surface area contributed by atoms with Crippen LogP contribution in [0.25, 0.3) is 0 Å². The lowest BCUT2D eigenvalue weighted by atomic mass is 9.87. The van der Waals surface area contributed by atoms with E-state index in [9.17, 15) is 4.79 Å². The number of aromatic nitrogens is 2. The molecule has 6 heteroatoms. The van der Waals surface area contributed by atoms with Gasteiger partial charge >= 0.3 is 0 Å². The highest BCUT2D eigenvalue weighted by Gasteiger charge is 2.16. The third-order valence-electron chi connectivity index (χ3n) is 5.79. The van der Waals surface area contributed by atoms with E-state index in [0.717, 1.165) is 35.5 Å². The van der Waals surface area contributed by atoms with Crippen molar-refractivity contribution in [3.8, 4) is 0 Å². The number of aliphatic imine (C=N–C) groups is 1. The average molecular weight is 460 g/mol. The molecule has 1 heterocycles. The standard InChI is InChI=1S/C28H37N5O/c1-8-15-33-18-23(21(4)32-33)17-29-27(30-25-14-9-19(2)16-20(25)3)31-26(34)22-10-12-24(13-11-22)28(5,6)7/h9-14,16,18H,8,15,17H2,1-7H3,(H2,29,30,31,34). The van der Waals surface area contributed by atoms with Gasteiger partial charge in [0.15, 0.2) is 0 Å². The van der Waals surface area contributed by atoms with Gasteiger partial charge in [-0.3, -0.25) is 14.8 Å². The number of carbonyl (C=O) groups is 1. The molecule has 0 aliphatic heterocycles. The van der Waals surface area contributed by atoms with Crippen molar-refractivity contribution < 1.29 is 4.79 Å². The van der Waals surface area contributed by atoms with Gasteiger partial charge in [0.2, 0.25) is 5.96 Å². The average Bonchev–Trinajstić information content (AvgIpc) is 3.12. The van der Waals surface area contributed by atoms with Crippen LogP contribution in [0, 0.1) is 20.8 Å². The molecule has 0 saturated heterocycles. The van der Waals surface area contributed by atoms with Gasteiger partial charge in [0.05, 0.1) is 12.2 Å². The normalized spacial score (nSPS) is 12.0. The van der Waals surface area contributed by atoms with Gasteiger partial charge in [-0.25, -0.2) is 4.99 Å². The number of aryl methyl sites for hydroxylation is 4. The fourth-order valence-electron chi connectivity index (χ4n) is 3.72. The highest BCUT2D eigenvalue weighted by molar-refractivity contribution is 6.10. The van der Waals surface area contributed by atoms with E-state index >= 15 is 0 Å². The number of nitrogens with zero attached hydrogens (tertiary/aromatic N) is 3. The van der Waals surface area contributed by atoms with Gasteiger partial charge in [-0.1, -0.05) is 57.5 Å². The Hall–Kier alpha value is -3.41. The summed E-state index contributed by atoms with van der Waals surface area (Å²) in [6, 6.07) is 13.9. The topological polar surface area (TPSA) is 71.3 Å². The van der Waals surface area contributed by atoms with Crippen molar-refractivity contribution in [2.75, 3.05) is 5.32 Å². The van der Waals surface area contributed by atoms with Crippen molar-refractivity contribution in [1.29, 1.82) is 0 Å². The number of nitrogens with one attached hydrogen (secondary N) is 2. The van der Waals surface area contributed by atoms with Gasteiger partial charge in [-0.05, 0) is 61.9 Å². The lowest BCUT2D eigenvalue weighted by molar-refractivity contribution is 0.0977. The molecule has 0 saturated carbocycles. The number of rotatable bonds is 6. The number of carbonyl (C=O) groups excluding carboxylic acids is 1. The number of guanidine groups is 1. The van der Waals surface area contributed by atoms with Gasteiger partial charge in [-0.2, -0.15) is 5.10 Å². The zero-order valence-corrected chi connectivity index (χ0v) is 21.5. The van der Waals surface area contributed by atoms with Crippen molar-refractivity contribution in [3.63, 3.8) is 0 Å². The van der Waals surface area contributed by atoms with Crippen molar-refractivity contribution >= 4 is 17.6 Å². The Morgan fingerprint density at radius 2 is 1.76 bits per heavy atom. The van der Waals surface area contributed by atoms with Gasteiger partial charge < -0.3 is 5.32 Å². The smallest absolute Gasteiger partial charge is 0.257 e. The second-order valence-corrected chi connectivity index (χ2v) is 9.89. The fourth-order valence-corrected chi connectivity index (χ4v) is 3.72. The van der Waals surface area contributed by atoms with E-state index in [-0.39, 0.29) is 11.3 Å². The van der Waals surface area contributed by atoms with Gasteiger partial charge in [0.1, 0.15) is 0 Å². The van der Waals surface area contributed by atoms with Crippen molar-refractivity contribution in [2.45, 2.75) is 73.4 Å². The third kappa shape index (κ3) is 6.56. The lowest BCUT2D eigenvalue weighted by Crippen LogP contribution is -2.36. The second-order valence-electron chi connectivity index (χ2n) is 9.89. The quantitative estimate of drug-likeness (QED) is 0.355. The molecular weight excluding hydrogens is 422 g/mol. The number of hydrogen-bond acceptors (Lipinski definition) is 3. The Kier molecular flexibility index (Phi) is 7.92. The predicted octanol–water partition coefficient (Wildman–Crippen LogP) is 5.91. The Labute approximate surface area is 203 Å². The van der Waals surface area contributed by atoms with E-state index in [4.69, 9.17) is 4.99 Å². The first-order chi connectivity index (χ1) is 16.1. The minimum Gasteiger partial charge on any atom is -0.326 e. The van der Waals surface area contributed by atoms with Gasteiger partial charge in [0.25, 0.3) is 5.91 Å². The summed E-state index contributed by atoms with van der Waals surface area (Å²) >= 11 is 0. The van der Waals surface area contributed by atoms with Crippen LogP contribution in [0.3, 0.4) is 0 Å². The van der Waals surface area contributed by atoms with E-state index in [1.54, 1.807) is 0 Å². The fraction of sp³-hybridized carbons (Fsp3) is 0.393. The van der Waals surface area contributed by atoms with Crippen LogP contribution in [0.15, 0.2) is 53.7 Å². The molecule has 0 aliphatic carbocycles. The molecule has 0 atom stereocenters. The number of benzene rings is 2. The van der Waals surface area contributed by atoms with Crippen molar-refractivity contribution in [3.05, 3.63) is 82.2 Å². The molecule has 1 amide bonds. The van der Waals surface area contributed by atoms with Crippen LogP contribution in [0.4, 0.5) is 5.69 Å². The molecule has 2 N–H and O–H groups in total. The van der Waals surface area contributed by atoms with Crippen molar-refractivity contribution in [2.24, 2.45) is 4.99 Å². The predicted molar refractivity (Wildman–Crippen MR) is 141 cm³/mol. The molecular formula is C28H37N5O. The summed E-state index contributed by atoms with van der Waals surface area (Å²) < 4.78 is 1.95. The van der Waals surface area contributed by atoms with Crippen LogP contribution in [-0.2, 0) is 18.5 Å². The van der Waals surface area contributed by atoms with Crippen LogP contribution in [0.1, 0.15) is 72.4 Å². The molecule has 1 aromatic heterocycles. The van der Waals surface area contributed by atoms with Crippen molar-refractivity contribution in [1.82, 2.24) is 15.1 Å². The summed E-state index contributed by atoms with van der Waals surface area (Å²) in [7, 11) is 0. The molecule has 0 aliphatic rings. The number of anilines is 1. The molecule has 34 heavy (non-hydrogen) atoms. The molecule has 3 rings (SSSR count). The molecule has 0 radical (unpaired) electrons. The first-order valence-electron chi connectivity index (χ1n) is 11.9. The Morgan fingerprint density at radius 1 is 1.06 bits per heavy atom. The van der Waals surface area contributed by atoms with E-state index in [2.05, 4.69) is 56.4 Å². The maximum absolute atomic E-state index is 13.1. The zero-order chi connectivity index (χ0) is 24.9.